The van der Waals surface area contributed by atoms with Crippen LogP contribution < -0.4 is 10.1 Å². The topological polar surface area (TPSA) is 58.6 Å². The van der Waals surface area contributed by atoms with Gasteiger partial charge in [0.1, 0.15) is 11.6 Å². The molecule has 2 aromatic rings. The molecule has 0 heterocycles. The van der Waals surface area contributed by atoms with Crippen molar-refractivity contribution < 1.29 is 32.2 Å². The third-order valence-corrected chi connectivity index (χ3v) is 3.07. The summed E-state index contributed by atoms with van der Waals surface area (Å²) in [5.74, 6) is -1.96. The van der Waals surface area contributed by atoms with E-state index >= 15 is 0 Å². The Morgan fingerprint density at radius 1 is 1.12 bits per heavy atom. The SMILES string of the molecule is O=C(NCC(O)c1ccc(F)cc1)c1ccccc1OC(F)(F)F. The monoisotopic (exact) mass is 343 g/mol. The Labute approximate surface area is 134 Å². The first-order chi connectivity index (χ1) is 11.3. The van der Waals surface area contributed by atoms with E-state index in [0.717, 1.165) is 18.2 Å². The van der Waals surface area contributed by atoms with Crippen LogP contribution in [0.2, 0.25) is 0 Å². The lowest BCUT2D eigenvalue weighted by atomic mass is 10.1. The van der Waals surface area contributed by atoms with Gasteiger partial charge >= 0.3 is 6.36 Å². The third kappa shape index (κ3) is 4.95. The molecular formula is C16H13F4NO3. The van der Waals surface area contributed by atoms with Gasteiger partial charge in [0.2, 0.25) is 0 Å². The van der Waals surface area contributed by atoms with E-state index in [2.05, 4.69) is 10.1 Å². The molecule has 2 rings (SSSR count). The number of hydrogen-bond donors (Lipinski definition) is 2. The number of carbonyl (C=O) groups is 1. The van der Waals surface area contributed by atoms with Crippen LogP contribution >= 0.6 is 0 Å². The highest BCUT2D eigenvalue weighted by Crippen LogP contribution is 2.26. The van der Waals surface area contributed by atoms with Crippen molar-refractivity contribution in [3.8, 4) is 5.75 Å². The number of aliphatic hydroxyl groups is 1. The van der Waals surface area contributed by atoms with E-state index in [4.69, 9.17) is 0 Å². The fraction of sp³-hybridized carbons (Fsp3) is 0.188. The number of carbonyl (C=O) groups excluding carboxylic acids is 1. The molecule has 0 fully saturated rings. The highest BCUT2D eigenvalue weighted by atomic mass is 19.4. The minimum Gasteiger partial charge on any atom is -0.405 e. The van der Waals surface area contributed by atoms with E-state index in [-0.39, 0.29) is 12.1 Å². The first-order valence-electron chi connectivity index (χ1n) is 6.83. The molecule has 2 aromatic carbocycles. The molecule has 0 radical (unpaired) electrons. The normalized spacial score (nSPS) is 12.5. The molecule has 8 heteroatoms. The number of rotatable bonds is 5. The second-order valence-electron chi connectivity index (χ2n) is 4.82. The molecule has 1 amide bonds. The molecule has 2 N–H and O–H groups in total. The van der Waals surface area contributed by atoms with Gasteiger partial charge in [-0.2, -0.15) is 0 Å². The summed E-state index contributed by atoms with van der Waals surface area (Å²) in [4.78, 5) is 12.0. The van der Waals surface area contributed by atoms with Gasteiger partial charge in [-0.3, -0.25) is 4.79 Å². The maximum Gasteiger partial charge on any atom is 0.573 e. The largest absolute Gasteiger partial charge is 0.573 e. The van der Waals surface area contributed by atoms with Gasteiger partial charge in [-0.25, -0.2) is 4.39 Å². The van der Waals surface area contributed by atoms with Crippen LogP contribution in [0.25, 0.3) is 0 Å². The molecule has 4 nitrogen and oxygen atoms in total. The van der Waals surface area contributed by atoms with E-state index in [1.54, 1.807) is 0 Å². The Morgan fingerprint density at radius 2 is 1.75 bits per heavy atom. The standard InChI is InChI=1S/C16H13F4NO3/c17-11-7-5-10(6-8-11)13(22)9-21-15(23)12-3-1-2-4-14(12)24-16(18,19)20/h1-8,13,22H,9H2,(H,21,23). The highest BCUT2D eigenvalue weighted by molar-refractivity contribution is 5.96. The Balaban J connectivity index is 2.03. The minimum absolute atomic E-state index is 0.259. The van der Waals surface area contributed by atoms with Gasteiger partial charge < -0.3 is 15.2 Å². The van der Waals surface area contributed by atoms with Gasteiger partial charge in [-0.05, 0) is 29.8 Å². The lowest BCUT2D eigenvalue weighted by molar-refractivity contribution is -0.274. The van der Waals surface area contributed by atoms with Crippen molar-refractivity contribution in [2.75, 3.05) is 6.54 Å². The average molecular weight is 343 g/mol. The van der Waals surface area contributed by atoms with Gasteiger partial charge in [0.15, 0.2) is 0 Å². The molecule has 24 heavy (non-hydrogen) atoms. The van der Waals surface area contributed by atoms with Crippen LogP contribution in [0, 0.1) is 5.82 Å². The molecule has 0 saturated carbocycles. The Kier molecular flexibility index (Phi) is 5.40. The molecule has 0 aliphatic rings. The number of para-hydroxylation sites is 1. The number of halogens is 4. The van der Waals surface area contributed by atoms with E-state index in [9.17, 15) is 27.5 Å². The van der Waals surface area contributed by atoms with Crippen molar-refractivity contribution >= 4 is 5.91 Å². The number of ether oxygens (including phenoxy) is 1. The quantitative estimate of drug-likeness (QED) is 0.820. The summed E-state index contributed by atoms with van der Waals surface area (Å²) in [6, 6.07) is 9.83. The molecule has 0 saturated heterocycles. The van der Waals surface area contributed by atoms with E-state index in [1.165, 1.54) is 30.3 Å². The molecule has 1 unspecified atom stereocenters. The van der Waals surface area contributed by atoms with Crippen molar-refractivity contribution in [3.63, 3.8) is 0 Å². The lowest BCUT2D eigenvalue weighted by Gasteiger charge is -2.15. The van der Waals surface area contributed by atoms with E-state index in [0.29, 0.717) is 5.56 Å². The summed E-state index contributed by atoms with van der Waals surface area (Å²) in [5.41, 5.74) is 0.0395. The average Bonchev–Trinajstić information content (AvgIpc) is 2.52. The number of amides is 1. The van der Waals surface area contributed by atoms with Crippen LogP contribution in [-0.4, -0.2) is 23.9 Å². The van der Waals surface area contributed by atoms with Crippen LogP contribution in [-0.2, 0) is 0 Å². The predicted octanol–water partition coefficient (Wildman–Crippen LogP) is 3.19. The second-order valence-corrected chi connectivity index (χ2v) is 4.82. The summed E-state index contributed by atoms with van der Waals surface area (Å²) in [5, 5.41) is 12.2. The highest BCUT2D eigenvalue weighted by Gasteiger charge is 2.32. The van der Waals surface area contributed by atoms with Crippen LogP contribution in [0.4, 0.5) is 17.6 Å². The Morgan fingerprint density at radius 3 is 2.38 bits per heavy atom. The molecule has 0 aliphatic heterocycles. The second kappa shape index (κ2) is 7.31. The van der Waals surface area contributed by atoms with Crippen molar-refractivity contribution in [1.29, 1.82) is 0 Å². The number of hydrogen-bond acceptors (Lipinski definition) is 3. The molecule has 0 aromatic heterocycles. The van der Waals surface area contributed by atoms with Crippen LogP contribution in [0.1, 0.15) is 22.0 Å². The van der Waals surface area contributed by atoms with Crippen molar-refractivity contribution in [2.24, 2.45) is 0 Å². The first kappa shape index (κ1) is 17.7. The van der Waals surface area contributed by atoms with Crippen LogP contribution in [0.5, 0.6) is 5.75 Å². The van der Waals surface area contributed by atoms with Crippen molar-refractivity contribution in [2.45, 2.75) is 12.5 Å². The first-order valence-corrected chi connectivity index (χ1v) is 6.83. The summed E-state index contributed by atoms with van der Waals surface area (Å²) in [6.45, 7) is -0.259. The number of alkyl halides is 3. The summed E-state index contributed by atoms with van der Waals surface area (Å²) in [7, 11) is 0. The fourth-order valence-electron chi connectivity index (χ4n) is 1.96. The zero-order valence-electron chi connectivity index (χ0n) is 12.2. The summed E-state index contributed by atoms with van der Waals surface area (Å²) in [6.07, 6.45) is -6.06. The zero-order chi connectivity index (χ0) is 17.7. The molecule has 0 bridgehead atoms. The maximum absolute atomic E-state index is 12.8. The molecule has 1 atom stereocenters. The number of benzene rings is 2. The van der Waals surface area contributed by atoms with Gasteiger partial charge in [-0.1, -0.05) is 24.3 Å². The fourth-order valence-corrected chi connectivity index (χ4v) is 1.96. The maximum atomic E-state index is 12.8. The van der Waals surface area contributed by atoms with Crippen LogP contribution in [0.15, 0.2) is 48.5 Å². The molecule has 0 aliphatic carbocycles. The number of aliphatic hydroxyl groups excluding tert-OH is 1. The molecular weight excluding hydrogens is 330 g/mol. The van der Waals surface area contributed by atoms with Crippen LogP contribution in [0.3, 0.4) is 0 Å². The molecule has 128 valence electrons. The minimum atomic E-state index is -4.93. The Bertz CT molecular complexity index is 701. The summed E-state index contributed by atoms with van der Waals surface area (Å²) >= 11 is 0. The van der Waals surface area contributed by atoms with Gasteiger partial charge in [0.05, 0.1) is 11.7 Å². The van der Waals surface area contributed by atoms with Crippen molar-refractivity contribution in [3.05, 3.63) is 65.5 Å². The molecule has 0 spiro atoms. The zero-order valence-corrected chi connectivity index (χ0v) is 12.2. The van der Waals surface area contributed by atoms with Crippen molar-refractivity contribution in [1.82, 2.24) is 5.32 Å². The predicted molar refractivity (Wildman–Crippen MR) is 76.8 cm³/mol. The third-order valence-electron chi connectivity index (χ3n) is 3.07. The lowest BCUT2D eigenvalue weighted by Crippen LogP contribution is -2.29. The number of nitrogens with one attached hydrogen (secondary N) is 1. The van der Waals surface area contributed by atoms with Gasteiger partial charge in [-0.15, -0.1) is 13.2 Å². The Hall–Kier alpha value is -2.61. The van der Waals surface area contributed by atoms with Gasteiger partial charge in [0, 0.05) is 6.54 Å². The van der Waals surface area contributed by atoms with Gasteiger partial charge in [0.25, 0.3) is 5.91 Å². The van der Waals surface area contributed by atoms with E-state index < -0.39 is 29.9 Å². The van der Waals surface area contributed by atoms with E-state index in [1.807, 2.05) is 0 Å². The smallest absolute Gasteiger partial charge is 0.405 e. The summed E-state index contributed by atoms with van der Waals surface area (Å²) < 4.78 is 53.6.